The zero-order valence-corrected chi connectivity index (χ0v) is 12.2. The highest BCUT2D eigenvalue weighted by atomic mass is 32.1. The third kappa shape index (κ3) is 3.32. The second-order valence-corrected chi connectivity index (χ2v) is 4.94. The first-order valence-electron chi connectivity index (χ1n) is 5.90. The van der Waals surface area contributed by atoms with Gasteiger partial charge in [0.25, 0.3) is 5.91 Å². The summed E-state index contributed by atoms with van der Waals surface area (Å²) in [5.74, 6) is -0.567. The van der Waals surface area contributed by atoms with Crippen LogP contribution in [-0.4, -0.2) is 31.2 Å². The van der Waals surface area contributed by atoms with Crippen molar-refractivity contribution >= 4 is 28.9 Å². The van der Waals surface area contributed by atoms with Crippen molar-refractivity contribution in [3.05, 3.63) is 40.1 Å². The van der Waals surface area contributed by atoms with Crippen LogP contribution in [0.15, 0.2) is 29.6 Å². The molecule has 0 spiro atoms. The minimum atomic E-state index is -1.08. The average molecular weight is 307 g/mol. The van der Waals surface area contributed by atoms with Gasteiger partial charge in [-0.1, -0.05) is 0 Å². The number of nitrogens with one attached hydrogen (secondary N) is 1. The highest BCUT2D eigenvalue weighted by Crippen LogP contribution is 2.25. The number of carboxylic acids is 1. The Labute approximate surface area is 124 Å². The zero-order chi connectivity index (χ0) is 15.4. The van der Waals surface area contributed by atoms with E-state index < -0.39 is 11.9 Å². The minimum absolute atomic E-state index is 0.0817. The molecule has 0 aliphatic carbocycles. The van der Waals surface area contributed by atoms with Crippen LogP contribution in [0.2, 0.25) is 0 Å². The first kappa shape index (κ1) is 14.9. The molecule has 1 aromatic heterocycles. The lowest BCUT2D eigenvalue weighted by molar-refractivity contribution is 0.0703. The van der Waals surface area contributed by atoms with Crippen LogP contribution >= 0.6 is 11.3 Å². The Morgan fingerprint density at radius 1 is 1.14 bits per heavy atom. The van der Waals surface area contributed by atoms with Crippen LogP contribution in [0.3, 0.4) is 0 Å². The first-order valence-corrected chi connectivity index (χ1v) is 6.78. The monoisotopic (exact) mass is 307 g/mol. The molecule has 1 amide bonds. The molecule has 1 aromatic carbocycles. The molecular weight excluding hydrogens is 294 g/mol. The second kappa shape index (κ2) is 6.27. The molecule has 0 aliphatic heterocycles. The molecular formula is C14H13NO5S. The van der Waals surface area contributed by atoms with Crippen LogP contribution in [0.1, 0.15) is 20.0 Å². The Morgan fingerprint density at radius 2 is 1.76 bits per heavy atom. The molecule has 0 radical (unpaired) electrons. The first-order chi connectivity index (χ1) is 10.0. The molecule has 0 aliphatic rings. The lowest BCUT2D eigenvalue weighted by Crippen LogP contribution is -2.13. The fourth-order valence-corrected chi connectivity index (χ4v) is 2.39. The van der Waals surface area contributed by atoms with E-state index in [2.05, 4.69) is 5.32 Å². The van der Waals surface area contributed by atoms with Crippen LogP contribution in [0.25, 0.3) is 0 Å². The Morgan fingerprint density at radius 3 is 2.29 bits per heavy atom. The summed E-state index contributed by atoms with van der Waals surface area (Å²) in [5, 5.41) is 13.2. The van der Waals surface area contributed by atoms with Crippen LogP contribution in [0, 0.1) is 0 Å². The van der Waals surface area contributed by atoms with E-state index in [0.29, 0.717) is 17.1 Å². The molecule has 2 rings (SSSR count). The fourth-order valence-electron chi connectivity index (χ4n) is 1.71. The van der Waals surface area contributed by atoms with Crippen molar-refractivity contribution in [2.45, 2.75) is 0 Å². The van der Waals surface area contributed by atoms with Crippen LogP contribution in [0.5, 0.6) is 11.5 Å². The summed E-state index contributed by atoms with van der Waals surface area (Å²) in [6, 6.07) is 6.28. The third-order valence-corrected chi connectivity index (χ3v) is 3.62. The van der Waals surface area contributed by atoms with Crippen molar-refractivity contribution < 1.29 is 24.2 Å². The Bertz CT molecular complexity index is 658. The molecule has 6 nitrogen and oxygen atoms in total. The van der Waals surface area contributed by atoms with Gasteiger partial charge in [-0.3, -0.25) is 4.79 Å². The van der Waals surface area contributed by atoms with E-state index in [9.17, 15) is 9.59 Å². The summed E-state index contributed by atoms with van der Waals surface area (Å²) in [6.07, 6.45) is 0. The van der Waals surface area contributed by atoms with Gasteiger partial charge in [0, 0.05) is 11.6 Å². The highest BCUT2D eigenvalue weighted by Gasteiger charge is 2.16. The van der Waals surface area contributed by atoms with Crippen molar-refractivity contribution in [2.75, 3.05) is 19.5 Å². The van der Waals surface area contributed by atoms with Gasteiger partial charge >= 0.3 is 5.97 Å². The molecule has 110 valence electrons. The third-order valence-electron chi connectivity index (χ3n) is 2.72. The van der Waals surface area contributed by atoms with E-state index in [1.807, 2.05) is 0 Å². The Kier molecular flexibility index (Phi) is 4.44. The van der Waals surface area contributed by atoms with E-state index in [1.165, 1.54) is 14.2 Å². The summed E-state index contributed by atoms with van der Waals surface area (Å²) in [7, 11) is 2.97. The highest BCUT2D eigenvalue weighted by molar-refractivity contribution is 7.12. The lowest BCUT2D eigenvalue weighted by atomic mass is 10.2. The molecule has 1 heterocycles. The van der Waals surface area contributed by atoms with Gasteiger partial charge in [0.05, 0.1) is 19.9 Å². The maximum atomic E-state index is 12.2. The van der Waals surface area contributed by atoms with Crippen molar-refractivity contribution in [3.63, 3.8) is 0 Å². The lowest BCUT2D eigenvalue weighted by Gasteiger charge is -2.09. The number of carbonyl (C=O) groups is 2. The topological polar surface area (TPSA) is 84.9 Å². The average Bonchev–Trinajstić information content (AvgIpc) is 2.94. The molecule has 0 atom stereocenters. The summed E-state index contributed by atoms with van der Waals surface area (Å²) in [5.41, 5.74) is 0.577. The number of rotatable bonds is 5. The van der Waals surface area contributed by atoms with E-state index >= 15 is 0 Å². The Hall–Kier alpha value is -2.54. The van der Waals surface area contributed by atoms with Gasteiger partial charge in [-0.05, 0) is 23.6 Å². The summed E-state index contributed by atoms with van der Waals surface area (Å²) in [6.45, 7) is 0. The number of carbonyl (C=O) groups excluding carboxylic acids is 1. The molecule has 0 saturated heterocycles. The van der Waals surface area contributed by atoms with Crippen molar-refractivity contribution in [2.24, 2.45) is 0 Å². The van der Waals surface area contributed by atoms with Gasteiger partial charge in [-0.2, -0.15) is 0 Å². The summed E-state index contributed by atoms with van der Waals surface area (Å²) < 4.78 is 10.2. The van der Waals surface area contributed by atoms with Crippen LogP contribution in [-0.2, 0) is 0 Å². The number of methoxy groups -OCH3 is 2. The van der Waals surface area contributed by atoms with Gasteiger partial charge < -0.3 is 19.9 Å². The van der Waals surface area contributed by atoms with Crippen LogP contribution in [0.4, 0.5) is 5.69 Å². The van der Waals surface area contributed by atoms with E-state index in [1.54, 1.807) is 29.6 Å². The van der Waals surface area contributed by atoms with Gasteiger partial charge in [-0.25, -0.2) is 4.79 Å². The smallest absolute Gasteiger partial charge is 0.348 e. The number of thiophene rings is 1. The molecule has 0 fully saturated rings. The van der Waals surface area contributed by atoms with Gasteiger partial charge in [0.15, 0.2) is 0 Å². The zero-order valence-electron chi connectivity index (χ0n) is 11.4. The van der Waals surface area contributed by atoms with Gasteiger partial charge in [-0.15, -0.1) is 11.3 Å². The predicted molar refractivity (Wildman–Crippen MR) is 78.8 cm³/mol. The minimum Gasteiger partial charge on any atom is -0.497 e. The molecule has 0 unspecified atom stereocenters. The second-order valence-electron chi connectivity index (χ2n) is 4.02. The normalized spacial score (nSPS) is 10.0. The van der Waals surface area contributed by atoms with Crippen LogP contribution < -0.4 is 14.8 Å². The van der Waals surface area contributed by atoms with Crippen molar-refractivity contribution in [1.29, 1.82) is 0 Å². The summed E-state index contributed by atoms with van der Waals surface area (Å²) in [4.78, 5) is 23.3. The molecule has 0 saturated carbocycles. The number of ether oxygens (including phenoxy) is 2. The molecule has 0 bridgehead atoms. The predicted octanol–water partition coefficient (Wildman–Crippen LogP) is 2.72. The standard InChI is InChI=1S/C14H13NO5S/c1-19-9-5-8(6-10(7-9)20-2)13(16)15-11-3-4-21-12(11)14(17)18/h3-7H,1-2H3,(H,15,16)(H,17,18). The maximum absolute atomic E-state index is 12.2. The Balaban J connectivity index is 2.28. The molecule has 7 heteroatoms. The summed E-state index contributed by atoms with van der Waals surface area (Å²) >= 11 is 1.05. The number of benzene rings is 1. The number of aromatic carboxylic acids is 1. The molecule has 2 aromatic rings. The van der Waals surface area contributed by atoms with E-state index in [-0.39, 0.29) is 10.6 Å². The van der Waals surface area contributed by atoms with Crippen molar-refractivity contribution in [3.8, 4) is 11.5 Å². The van der Waals surface area contributed by atoms with Gasteiger partial charge in [0.1, 0.15) is 16.4 Å². The number of amides is 1. The van der Waals surface area contributed by atoms with Crippen molar-refractivity contribution in [1.82, 2.24) is 0 Å². The number of hydrogen-bond donors (Lipinski definition) is 2. The van der Waals surface area contributed by atoms with Gasteiger partial charge in [0.2, 0.25) is 0 Å². The molecule has 21 heavy (non-hydrogen) atoms. The van der Waals surface area contributed by atoms with E-state index in [0.717, 1.165) is 11.3 Å². The maximum Gasteiger partial charge on any atom is 0.348 e. The fraction of sp³-hybridized carbons (Fsp3) is 0.143. The number of anilines is 1. The largest absolute Gasteiger partial charge is 0.497 e. The number of hydrogen-bond acceptors (Lipinski definition) is 5. The SMILES string of the molecule is COc1cc(OC)cc(C(=O)Nc2ccsc2C(=O)O)c1. The number of carboxylic acid groups (broad SMARTS) is 1. The quantitative estimate of drug-likeness (QED) is 0.887. The van der Waals surface area contributed by atoms with E-state index in [4.69, 9.17) is 14.6 Å². The molecule has 2 N–H and O–H groups in total.